The number of H-pyrrole nitrogens is 1. The highest BCUT2D eigenvalue weighted by Crippen LogP contribution is 2.29. The fourth-order valence-corrected chi connectivity index (χ4v) is 2.19. The van der Waals surface area contributed by atoms with Gasteiger partial charge in [0.2, 0.25) is 11.8 Å². The molecular formula is C14H9ClF3N5O2. The van der Waals surface area contributed by atoms with E-state index in [2.05, 4.69) is 20.4 Å². The van der Waals surface area contributed by atoms with Crippen molar-refractivity contribution in [3.63, 3.8) is 0 Å². The van der Waals surface area contributed by atoms with Gasteiger partial charge in [-0.3, -0.25) is 20.2 Å². The van der Waals surface area contributed by atoms with Crippen molar-refractivity contribution in [3.05, 3.63) is 41.3 Å². The van der Waals surface area contributed by atoms with Crippen LogP contribution in [-0.4, -0.2) is 32.7 Å². The summed E-state index contributed by atoms with van der Waals surface area (Å²) in [6.07, 6.45) is -3.14. The number of hydrogen-bond acceptors (Lipinski definition) is 5. The highest BCUT2D eigenvalue weighted by Gasteiger charge is 2.35. The van der Waals surface area contributed by atoms with Crippen LogP contribution >= 0.6 is 11.6 Å². The molecule has 0 fully saturated rings. The van der Waals surface area contributed by atoms with Gasteiger partial charge in [0.25, 0.3) is 5.91 Å². The molecule has 0 saturated carbocycles. The molecule has 2 aromatic heterocycles. The summed E-state index contributed by atoms with van der Waals surface area (Å²) in [7, 11) is 0. The van der Waals surface area contributed by atoms with Gasteiger partial charge in [-0.05, 0) is 24.3 Å². The Balaban J connectivity index is 1.67. The molecule has 2 heterocycles. The van der Waals surface area contributed by atoms with Crippen LogP contribution in [0, 0.1) is 0 Å². The number of aromatic nitrogens is 4. The summed E-state index contributed by atoms with van der Waals surface area (Å²) >= 11 is 6.05. The van der Waals surface area contributed by atoms with E-state index in [1.807, 2.05) is 0 Å². The molecule has 0 spiro atoms. The number of halogens is 4. The lowest BCUT2D eigenvalue weighted by Crippen LogP contribution is -2.21. The molecular weight excluding hydrogens is 363 g/mol. The van der Waals surface area contributed by atoms with Gasteiger partial charge in [0.15, 0.2) is 6.61 Å². The van der Waals surface area contributed by atoms with Crippen LogP contribution in [0.15, 0.2) is 30.5 Å². The van der Waals surface area contributed by atoms with Crippen LogP contribution in [0.5, 0.6) is 5.75 Å². The number of pyridine rings is 1. The molecule has 3 aromatic rings. The summed E-state index contributed by atoms with van der Waals surface area (Å²) in [5.74, 6) is -2.23. The molecule has 0 aliphatic heterocycles. The number of benzene rings is 1. The largest absolute Gasteiger partial charge is 0.481 e. The average Bonchev–Trinajstić information content (AvgIpc) is 3.03. The number of nitrogens with one attached hydrogen (secondary N) is 2. The van der Waals surface area contributed by atoms with Crippen LogP contribution in [-0.2, 0) is 11.0 Å². The molecule has 0 saturated heterocycles. The second kappa shape index (κ2) is 6.55. The Morgan fingerprint density at radius 3 is 2.84 bits per heavy atom. The Hall–Kier alpha value is -2.88. The summed E-state index contributed by atoms with van der Waals surface area (Å²) < 4.78 is 42.6. The molecule has 2 N–H and O–H groups in total. The highest BCUT2D eigenvalue weighted by atomic mass is 35.5. The van der Waals surface area contributed by atoms with Gasteiger partial charge in [-0.1, -0.05) is 11.6 Å². The van der Waals surface area contributed by atoms with Crippen molar-refractivity contribution in [2.24, 2.45) is 0 Å². The molecule has 0 bridgehead atoms. The number of carbonyl (C=O) groups is 1. The van der Waals surface area contributed by atoms with Gasteiger partial charge in [-0.15, -0.1) is 5.10 Å². The van der Waals surface area contributed by atoms with E-state index in [4.69, 9.17) is 16.3 Å². The molecule has 1 amide bonds. The van der Waals surface area contributed by atoms with E-state index in [1.54, 1.807) is 29.4 Å². The lowest BCUT2D eigenvalue weighted by Gasteiger charge is -2.09. The first-order chi connectivity index (χ1) is 11.8. The van der Waals surface area contributed by atoms with Gasteiger partial charge in [-0.25, -0.2) is 0 Å². The van der Waals surface area contributed by atoms with E-state index in [0.717, 1.165) is 0 Å². The minimum absolute atomic E-state index is 0.307. The number of nitrogens with zero attached hydrogens (tertiary/aromatic N) is 3. The second-order valence-electron chi connectivity index (χ2n) is 4.79. The van der Waals surface area contributed by atoms with Crippen molar-refractivity contribution in [3.8, 4) is 5.75 Å². The molecule has 0 aliphatic rings. The van der Waals surface area contributed by atoms with Crippen molar-refractivity contribution in [1.82, 2.24) is 20.2 Å². The Kier molecular flexibility index (Phi) is 4.45. The summed E-state index contributed by atoms with van der Waals surface area (Å²) in [5.41, 5.74) is 0.458. The third kappa shape index (κ3) is 3.79. The molecule has 0 aliphatic carbocycles. The number of aromatic amines is 1. The Bertz CT molecular complexity index is 928. The van der Waals surface area contributed by atoms with Crippen LogP contribution in [0.2, 0.25) is 5.02 Å². The average molecular weight is 372 g/mol. The summed E-state index contributed by atoms with van der Waals surface area (Å²) in [6, 6.07) is 6.57. The molecule has 130 valence electrons. The molecule has 3 rings (SSSR count). The quantitative estimate of drug-likeness (QED) is 0.735. The number of anilines is 1. The molecule has 25 heavy (non-hydrogen) atoms. The number of rotatable bonds is 4. The van der Waals surface area contributed by atoms with E-state index in [-0.39, 0.29) is 0 Å². The number of amides is 1. The second-order valence-corrected chi connectivity index (χ2v) is 5.19. The van der Waals surface area contributed by atoms with Crippen LogP contribution in [0.3, 0.4) is 0 Å². The number of alkyl halides is 3. The van der Waals surface area contributed by atoms with E-state index < -0.39 is 30.5 Å². The summed E-state index contributed by atoms with van der Waals surface area (Å²) in [4.78, 5) is 19.1. The number of carbonyl (C=O) groups excluding carboxylic acids is 1. The van der Waals surface area contributed by atoms with Gasteiger partial charge in [0.05, 0.1) is 5.02 Å². The van der Waals surface area contributed by atoms with Gasteiger partial charge in [-0.2, -0.15) is 18.2 Å². The van der Waals surface area contributed by atoms with Crippen molar-refractivity contribution in [2.45, 2.75) is 6.18 Å². The van der Waals surface area contributed by atoms with Crippen molar-refractivity contribution < 1.29 is 22.7 Å². The minimum atomic E-state index is -4.68. The third-order valence-corrected chi connectivity index (χ3v) is 3.37. The fourth-order valence-electron chi connectivity index (χ4n) is 1.98. The Morgan fingerprint density at radius 2 is 2.12 bits per heavy atom. The van der Waals surface area contributed by atoms with Crippen LogP contribution < -0.4 is 10.1 Å². The number of fused-ring (bicyclic) bond motifs is 1. The fraction of sp³-hybridized carbons (Fsp3) is 0.143. The van der Waals surface area contributed by atoms with E-state index >= 15 is 0 Å². The standard InChI is InChI=1S/C14H9ClF3N5O2/c15-8-3-4-9(11-7(8)2-1-5-19-11)25-6-10(24)20-13-21-12(22-23-13)14(16,17)18/h1-5H,6H2,(H2,20,21,22,23,24). The zero-order chi connectivity index (χ0) is 18.0. The van der Waals surface area contributed by atoms with Gasteiger partial charge >= 0.3 is 6.18 Å². The third-order valence-electron chi connectivity index (χ3n) is 3.04. The number of hydrogen-bond donors (Lipinski definition) is 2. The van der Waals surface area contributed by atoms with E-state index in [1.165, 1.54) is 6.20 Å². The predicted octanol–water partition coefficient (Wildman–Crippen LogP) is 3.04. The Morgan fingerprint density at radius 1 is 1.32 bits per heavy atom. The molecule has 0 radical (unpaired) electrons. The SMILES string of the molecule is O=C(COc1ccc(Cl)c2cccnc12)Nc1n[nH]c(C(F)(F)F)n1. The molecule has 7 nitrogen and oxygen atoms in total. The topological polar surface area (TPSA) is 92.8 Å². The van der Waals surface area contributed by atoms with Gasteiger partial charge in [0.1, 0.15) is 11.3 Å². The minimum Gasteiger partial charge on any atom is -0.481 e. The first-order valence-electron chi connectivity index (χ1n) is 6.80. The van der Waals surface area contributed by atoms with E-state index in [0.29, 0.717) is 21.7 Å². The molecule has 11 heteroatoms. The predicted molar refractivity (Wildman–Crippen MR) is 82.3 cm³/mol. The molecule has 0 atom stereocenters. The first kappa shape index (κ1) is 17.0. The molecule has 1 aromatic carbocycles. The maximum Gasteiger partial charge on any atom is 0.451 e. The van der Waals surface area contributed by atoms with Gasteiger partial charge in [0, 0.05) is 11.6 Å². The van der Waals surface area contributed by atoms with Crippen LogP contribution in [0.1, 0.15) is 5.82 Å². The van der Waals surface area contributed by atoms with Crippen molar-refractivity contribution >= 4 is 34.4 Å². The smallest absolute Gasteiger partial charge is 0.451 e. The molecule has 0 unspecified atom stereocenters. The van der Waals surface area contributed by atoms with Crippen LogP contribution in [0.4, 0.5) is 19.1 Å². The van der Waals surface area contributed by atoms with Crippen molar-refractivity contribution in [2.75, 3.05) is 11.9 Å². The maximum absolute atomic E-state index is 12.4. The monoisotopic (exact) mass is 371 g/mol. The normalized spacial score (nSPS) is 11.5. The van der Waals surface area contributed by atoms with E-state index in [9.17, 15) is 18.0 Å². The number of ether oxygens (including phenoxy) is 1. The zero-order valence-electron chi connectivity index (χ0n) is 12.3. The zero-order valence-corrected chi connectivity index (χ0v) is 13.0. The summed E-state index contributed by atoms with van der Waals surface area (Å²) in [5, 5.41) is 8.17. The van der Waals surface area contributed by atoms with Crippen molar-refractivity contribution in [1.29, 1.82) is 0 Å². The van der Waals surface area contributed by atoms with Gasteiger partial charge < -0.3 is 4.74 Å². The lowest BCUT2D eigenvalue weighted by atomic mass is 10.2. The summed E-state index contributed by atoms with van der Waals surface area (Å²) in [6.45, 7) is -0.469. The highest BCUT2D eigenvalue weighted by molar-refractivity contribution is 6.35. The Labute approximate surface area is 143 Å². The lowest BCUT2D eigenvalue weighted by molar-refractivity contribution is -0.144. The first-order valence-corrected chi connectivity index (χ1v) is 7.18. The maximum atomic E-state index is 12.4. The van der Waals surface area contributed by atoms with Crippen LogP contribution in [0.25, 0.3) is 10.9 Å².